The molecule has 0 aliphatic heterocycles. The number of nitrogens with one attached hydrogen (secondary N) is 2. The summed E-state index contributed by atoms with van der Waals surface area (Å²) < 4.78 is 13.8. The van der Waals surface area contributed by atoms with Crippen molar-refractivity contribution in [2.75, 3.05) is 17.7 Å². The zero-order valence-electron chi connectivity index (χ0n) is 10.5. The van der Waals surface area contributed by atoms with E-state index in [0.29, 0.717) is 11.8 Å². The highest BCUT2D eigenvalue weighted by Gasteiger charge is 2.07. The number of nitriles is 1. The van der Waals surface area contributed by atoms with Crippen LogP contribution in [0, 0.1) is 24.1 Å². The van der Waals surface area contributed by atoms with Crippen LogP contribution in [0.4, 0.5) is 21.8 Å². The van der Waals surface area contributed by atoms with Gasteiger partial charge in [-0.1, -0.05) is 0 Å². The molecule has 2 rings (SSSR count). The topological polar surface area (TPSA) is 73.6 Å². The Balaban J connectivity index is 2.33. The minimum atomic E-state index is -0.497. The lowest BCUT2D eigenvalue weighted by Crippen LogP contribution is -2.03. The van der Waals surface area contributed by atoms with Gasteiger partial charge in [0.05, 0.1) is 17.3 Å². The monoisotopic (exact) mass is 257 g/mol. The van der Waals surface area contributed by atoms with E-state index in [-0.39, 0.29) is 11.3 Å². The van der Waals surface area contributed by atoms with Crippen molar-refractivity contribution in [3.05, 3.63) is 41.3 Å². The molecule has 0 saturated carbocycles. The third-order valence-electron chi connectivity index (χ3n) is 2.55. The second-order valence-electron chi connectivity index (χ2n) is 3.91. The van der Waals surface area contributed by atoms with E-state index in [1.165, 1.54) is 12.1 Å². The molecule has 0 amide bonds. The maximum atomic E-state index is 13.8. The number of hydrogen-bond acceptors (Lipinski definition) is 5. The van der Waals surface area contributed by atoms with Crippen molar-refractivity contribution in [2.45, 2.75) is 6.92 Å². The first-order chi connectivity index (χ1) is 9.13. The van der Waals surface area contributed by atoms with Crippen LogP contribution in [-0.4, -0.2) is 17.0 Å². The zero-order chi connectivity index (χ0) is 13.8. The largest absolute Gasteiger partial charge is 0.357 e. The van der Waals surface area contributed by atoms with E-state index in [1.807, 2.05) is 13.0 Å². The first kappa shape index (κ1) is 12.8. The van der Waals surface area contributed by atoms with Crippen LogP contribution in [0.2, 0.25) is 0 Å². The van der Waals surface area contributed by atoms with Crippen LogP contribution >= 0.6 is 0 Å². The third-order valence-corrected chi connectivity index (χ3v) is 2.55. The standard InChI is InChI=1S/C13H12FN5/c1-8-7-17-13(16-2)19-12(8)18-11-4-3-9(6-15)5-10(11)14/h3-5,7H,1-2H3,(H2,16,17,18,19). The number of aryl methyl sites for hydroxylation is 1. The highest BCUT2D eigenvalue weighted by molar-refractivity contribution is 5.61. The van der Waals surface area contributed by atoms with Gasteiger partial charge in [0.2, 0.25) is 5.95 Å². The van der Waals surface area contributed by atoms with Gasteiger partial charge in [0, 0.05) is 18.8 Å². The Hall–Kier alpha value is -2.68. The molecule has 0 radical (unpaired) electrons. The van der Waals surface area contributed by atoms with Gasteiger partial charge in [0.15, 0.2) is 0 Å². The second kappa shape index (κ2) is 5.31. The molecular formula is C13H12FN5. The molecule has 6 heteroatoms. The Morgan fingerprint density at radius 2 is 2.16 bits per heavy atom. The number of hydrogen-bond donors (Lipinski definition) is 2. The van der Waals surface area contributed by atoms with Crippen LogP contribution < -0.4 is 10.6 Å². The number of anilines is 3. The maximum Gasteiger partial charge on any atom is 0.224 e. The van der Waals surface area contributed by atoms with E-state index in [2.05, 4.69) is 20.6 Å². The van der Waals surface area contributed by atoms with Crippen molar-refractivity contribution in [2.24, 2.45) is 0 Å². The van der Waals surface area contributed by atoms with Gasteiger partial charge >= 0.3 is 0 Å². The second-order valence-corrected chi connectivity index (χ2v) is 3.91. The van der Waals surface area contributed by atoms with Crippen LogP contribution in [0.5, 0.6) is 0 Å². The molecule has 1 aromatic heterocycles. The molecule has 0 fully saturated rings. The Labute approximate surface area is 110 Å². The lowest BCUT2D eigenvalue weighted by Gasteiger charge is -2.10. The fraction of sp³-hybridized carbons (Fsp3) is 0.154. The Morgan fingerprint density at radius 1 is 1.37 bits per heavy atom. The van der Waals surface area contributed by atoms with Crippen molar-refractivity contribution in [1.29, 1.82) is 5.26 Å². The summed E-state index contributed by atoms with van der Waals surface area (Å²) in [5, 5.41) is 14.4. The number of aromatic nitrogens is 2. The molecule has 0 aliphatic carbocycles. The summed E-state index contributed by atoms with van der Waals surface area (Å²) in [6.07, 6.45) is 1.64. The van der Waals surface area contributed by atoms with Crippen LogP contribution in [0.3, 0.4) is 0 Å². The Bertz CT molecular complexity index is 648. The summed E-state index contributed by atoms with van der Waals surface area (Å²) in [6.45, 7) is 1.82. The molecule has 2 N–H and O–H groups in total. The highest BCUT2D eigenvalue weighted by atomic mass is 19.1. The van der Waals surface area contributed by atoms with Crippen molar-refractivity contribution in [1.82, 2.24) is 9.97 Å². The van der Waals surface area contributed by atoms with E-state index in [1.54, 1.807) is 19.3 Å². The summed E-state index contributed by atoms with van der Waals surface area (Å²) in [4.78, 5) is 8.25. The van der Waals surface area contributed by atoms with Crippen LogP contribution in [0.25, 0.3) is 0 Å². The normalized spacial score (nSPS) is 9.79. The summed E-state index contributed by atoms with van der Waals surface area (Å²) in [6, 6.07) is 6.11. The minimum Gasteiger partial charge on any atom is -0.357 e. The number of halogens is 1. The molecule has 0 bridgehead atoms. The predicted molar refractivity (Wildman–Crippen MR) is 70.7 cm³/mol. The van der Waals surface area contributed by atoms with E-state index < -0.39 is 5.82 Å². The Morgan fingerprint density at radius 3 is 2.79 bits per heavy atom. The quantitative estimate of drug-likeness (QED) is 0.884. The van der Waals surface area contributed by atoms with Crippen molar-refractivity contribution in [3.8, 4) is 6.07 Å². The first-order valence-electron chi connectivity index (χ1n) is 5.62. The summed E-state index contributed by atoms with van der Waals surface area (Å²) >= 11 is 0. The molecular weight excluding hydrogens is 245 g/mol. The highest BCUT2D eigenvalue weighted by Crippen LogP contribution is 2.22. The average Bonchev–Trinajstić information content (AvgIpc) is 2.43. The lowest BCUT2D eigenvalue weighted by molar-refractivity contribution is 0.631. The summed E-state index contributed by atoms with van der Waals surface area (Å²) in [5.74, 6) is 0.466. The lowest BCUT2D eigenvalue weighted by atomic mass is 10.2. The van der Waals surface area contributed by atoms with E-state index in [0.717, 1.165) is 5.56 Å². The Kier molecular flexibility index (Phi) is 3.57. The van der Waals surface area contributed by atoms with Gasteiger partial charge in [-0.2, -0.15) is 10.2 Å². The van der Waals surface area contributed by atoms with Gasteiger partial charge < -0.3 is 10.6 Å². The molecule has 0 aliphatic rings. The fourth-order valence-corrected chi connectivity index (χ4v) is 1.50. The molecule has 0 spiro atoms. The van der Waals surface area contributed by atoms with Crippen molar-refractivity contribution >= 4 is 17.5 Å². The van der Waals surface area contributed by atoms with Gasteiger partial charge in [0.25, 0.3) is 0 Å². The molecule has 1 heterocycles. The van der Waals surface area contributed by atoms with Crippen molar-refractivity contribution < 1.29 is 4.39 Å². The molecule has 0 atom stereocenters. The SMILES string of the molecule is CNc1ncc(C)c(Nc2ccc(C#N)cc2F)n1. The molecule has 0 saturated heterocycles. The summed E-state index contributed by atoms with van der Waals surface area (Å²) in [7, 11) is 1.71. The summed E-state index contributed by atoms with van der Waals surface area (Å²) in [5.41, 5.74) is 1.34. The van der Waals surface area contributed by atoms with Gasteiger partial charge in [-0.3, -0.25) is 0 Å². The van der Waals surface area contributed by atoms with Gasteiger partial charge in [0.1, 0.15) is 11.6 Å². The number of rotatable bonds is 3. The van der Waals surface area contributed by atoms with E-state index in [9.17, 15) is 4.39 Å². The first-order valence-corrected chi connectivity index (χ1v) is 5.62. The van der Waals surface area contributed by atoms with Gasteiger partial charge in [-0.25, -0.2) is 9.37 Å². The smallest absolute Gasteiger partial charge is 0.224 e. The zero-order valence-corrected chi connectivity index (χ0v) is 10.5. The van der Waals surface area contributed by atoms with E-state index >= 15 is 0 Å². The van der Waals surface area contributed by atoms with Crippen molar-refractivity contribution in [3.63, 3.8) is 0 Å². The van der Waals surface area contributed by atoms with Crippen LogP contribution in [-0.2, 0) is 0 Å². The number of nitrogens with zero attached hydrogens (tertiary/aromatic N) is 3. The molecule has 2 aromatic rings. The predicted octanol–water partition coefficient (Wildman–Crippen LogP) is 2.58. The van der Waals surface area contributed by atoms with Crippen LogP contribution in [0.1, 0.15) is 11.1 Å². The van der Waals surface area contributed by atoms with Crippen LogP contribution in [0.15, 0.2) is 24.4 Å². The average molecular weight is 257 g/mol. The van der Waals surface area contributed by atoms with Gasteiger partial charge in [-0.15, -0.1) is 0 Å². The minimum absolute atomic E-state index is 0.267. The molecule has 1 aromatic carbocycles. The molecule has 0 unspecified atom stereocenters. The number of benzene rings is 1. The maximum absolute atomic E-state index is 13.8. The van der Waals surface area contributed by atoms with E-state index in [4.69, 9.17) is 5.26 Å². The molecule has 96 valence electrons. The molecule has 5 nitrogen and oxygen atoms in total. The third kappa shape index (κ3) is 2.77. The van der Waals surface area contributed by atoms with Gasteiger partial charge in [-0.05, 0) is 25.1 Å². The fourth-order valence-electron chi connectivity index (χ4n) is 1.50. The molecule has 19 heavy (non-hydrogen) atoms.